The number of aromatic nitrogens is 2. The third-order valence-electron chi connectivity index (χ3n) is 7.66. The zero-order valence-corrected chi connectivity index (χ0v) is 18.4. The molecule has 0 N–H and O–H groups in total. The van der Waals surface area contributed by atoms with Crippen LogP contribution in [-0.4, -0.2) is 53.4 Å². The molecule has 0 radical (unpaired) electrons. The Morgan fingerprint density at radius 1 is 1.24 bits per heavy atom. The minimum atomic E-state index is -3.56. The zero-order chi connectivity index (χ0) is 20.9. The molecule has 1 aliphatic heterocycles. The maximum absolute atomic E-state index is 13.3. The molecule has 2 aliphatic carbocycles. The number of fused-ring (bicyclic) bond motifs is 2. The van der Waals surface area contributed by atoms with Crippen LogP contribution in [0.1, 0.15) is 58.4 Å². The molecular weight excluding hydrogens is 390 g/mol. The van der Waals surface area contributed by atoms with E-state index in [4.69, 9.17) is 4.74 Å². The fourth-order valence-electron chi connectivity index (χ4n) is 5.50. The van der Waals surface area contributed by atoms with Gasteiger partial charge in [0.1, 0.15) is 11.9 Å². The molecule has 160 valence electrons. The minimum absolute atomic E-state index is 0.0727. The predicted octanol–water partition coefficient (Wildman–Crippen LogP) is 2.61. The van der Waals surface area contributed by atoms with E-state index in [9.17, 15) is 13.2 Å². The van der Waals surface area contributed by atoms with Gasteiger partial charge in [0, 0.05) is 30.8 Å². The first-order valence-electron chi connectivity index (χ1n) is 10.7. The third-order valence-corrected chi connectivity index (χ3v) is 9.64. The minimum Gasteiger partial charge on any atom is -0.459 e. The maximum atomic E-state index is 13.3. The average Bonchev–Trinajstić information content (AvgIpc) is 3.03. The second-order valence-electron chi connectivity index (χ2n) is 9.39. The number of aryl methyl sites for hydroxylation is 1. The molecule has 2 heterocycles. The van der Waals surface area contributed by atoms with Crippen LogP contribution in [0.4, 0.5) is 0 Å². The van der Waals surface area contributed by atoms with Crippen molar-refractivity contribution in [2.45, 2.75) is 65.4 Å². The summed E-state index contributed by atoms with van der Waals surface area (Å²) in [6.07, 6.45) is 7.72. The van der Waals surface area contributed by atoms with E-state index in [1.54, 1.807) is 12.4 Å². The van der Waals surface area contributed by atoms with Crippen LogP contribution in [0.3, 0.4) is 0 Å². The van der Waals surface area contributed by atoms with Gasteiger partial charge in [-0.2, -0.15) is 4.31 Å². The van der Waals surface area contributed by atoms with E-state index in [1.807, 2.05) is 6.92 Å². The number of carbonyl (C=O) groups excluding carboxylic acids is 1. The summed E-state index contributed by atoms with van der Waals surface area (Å²) >= 11 is 0. The van der Waals surface area contributed by atoms with Gasteiger partial charge in [0.25, 0.3) is 0 Å². The number of nitrogens with zero attached hydrogens (tertiary/aromatic N) is 3. The van der Waals surface area contributed by atoms with Gasteiger partial charge in [0.05, 0.1) is 12.3 Å². The standard InChI is InChI=1S/C21H31N3O4S/c1-4-15-11-22-19(23-12-15)28-17-6-5-9-24(13-17)29(26,27)14-21-8-7-16(10-18(21)25)20(21,2)3/h11-12,16-17H,4-10,13-14H2,1-3H3. The van der Waals surface area contributed by atoms with Crippen molar-refractivity contribution in [3.05, 3.63) is 18.0 Å². The molecule has 2 saturated carbocycles. The quantitative estimate of drug-likeness (QED) is 0.701. The number of rotatable bonds is 6. The first kappa shape index (κ1) is 20.7. The van der Waals surface area contributed by atoms with Crippen molar-refractivity contribution in [2.75, 3.05) is 18.8 Å². The van der Waals surface area contributed by atoms with Crippen molar-refractivity contribution in [2.24, 2.45) is 16.7 Å². The largest absolute Gasteiger partial charge is 0.459 e. The van der Waals surface area contributed by atoms with E-state index in [2.05, 4.69) is 23.8 Å². The number of sulfonamides is 1. The third kappa shape index (κ3) is 3.48. The lowest BCUT2D eigenvalue weighted by atomic mass is 9.70. The molecular formula is C21H31N3O4S. The smallest absolute Gasteiger partial charge is 0.316 e. The molecule has 4 rings (SSSR count). The Balaban J connectivity index is 1.46. The molecule has 2 bridgehead atoms. The summed E-state index contributed by atoms with van der Waals surface area (Å²) in [5.74, 6) is 0.374. The highest BCUT2D eigenvalue weighted by Crippen LogP contribution is 2.64. The lowest BCUT2D eigenvalue weighted by molar-refractivity contribution is -0.128. The fraction of sp³-hybridized carbons (Fsp3) is 0.762. The van der Waals surface area contributed by atoms with E-state index in [-0.39, 0.29) is 35.6 Å². The van der Waals surface area contributed by atoms with Crippen LogP contribution in [0.15, 0.2) is 12.4 Å². The second-order valence-corrected chi connectivity index (χ2v) is 11.4. The first-order chi connectivity index (χ1) is 13.7. The average molecular weight is 422 g/mol. The summed E-state index contributed by atoms with van der Waals surface area (Å²) in [6, 6.07) is 0.288. The highest BCUT2D eigenvalue weighted by Gasteiger charge is 2.65. The van der Waals surface area contributed by atoms with Gasteiger partial charge in [-0.15, -0.1) is 0 Å². The van der Waals surface area contributed by atoms with Crippen molar-refractivity contribution < 1.29 is 17.9 Å². The van der Waals surface area contributed by atoms with Gasteiger partial charge in [-0.05, 0) is 49.0 Å². The fourth-order valence-corrected chi connectivity index (χ4v) is 7.78. The zero-order valence-electron chi connectivity index (χ0n) is 17.6. The molecule has 3 atom stereocenters. The van der Waals surface area contributed by atoms with E-state index in [0.717, 1.165) is 31.2 Å². The van der Waals surface area contributed by atoms with Crippen LogP contribution in [0.5, 0.6) is 6.01 Å². The van der Waals surface area contributed by atoms with E-state index in [0.29, 0.717) is 25.3 Å². The van der Waals surface area contributed by atoms with Crippen molar-refractivity contribution in [1.82, 2.24) is 14.3 Å². The number of ketones is 1. The van der Waals surface area contributed by atoms with Crippen LogP contribution in [0, 0.1) is 16.7 Å². The molecule has 8 heteroatoms. The van der Waals surface area contributed by atoms with Crippen molar-refractivity contribution in [1.29, 1.82) is 0 Å². The van der Waals surface area contributed by atoms with Crippen LogP contribution in [-0.2, 0) is 21.2 Å². The Morgan fingerprint density at radius 2 is 1.97 bits per heavy atom. The molecule has 29 heavy (non-hydrogen) atoms. The van der Waals surface area contributed by atoms with Gasteiger partial charge < -0.3 is 4.74 Å². The number of Topliss-reactive ketones (excluding diaryl/α,β-unsaturated/α-hetero) is 1. The maximum Gasteiger partial charge on any atom is 0.316 e. The van der Waals surface area contributed by atoms with E-state index < -0.39 is 15.4 Å². The molecule has 3 unspecified atom stereocenters. The number of carbonyl (C=O) groups is 1. The molecule has 1 aromatic rings. The van der Waals surface area contributed by atoms with Gasteiger partial charge in [-0.3, -0.25) is 4.79 Å². The topological polar surface area (TPSA) is 89.5 Å². The number of hydrogen-bond donors (Lipinski definition) is 0. The summed E-state index contributed by atoms with van der Waals surface area (Å²) in [6.45, 7) is 6.95. The molecule has 0 aromatic carbocycles. The van der Waals surface area contributed by atoms with Gasteiger partial charge in [0.15, 0.2) is 0 Å². The lowest BCUT2D eigenvalue weighted by Crippen LogP contribution is -2.50. The van der Waals surface area contributed by atoms with E-state index >= 15 is 0 Å². The van der Waals surface area contributed by atoms with Gasteiger partial charge in [-0.1, -0.05) is 20.8 Å². The SMILES string of the molecule is CCc1cnc(OC2CCCN(S(=O)(=O)CC34CCC(CC3=O)C4(C)C)C2)nc1. The van der Waals surface area contributed by atoms with Crippen LogP contribution < -0.4 is 4.74 Å². The van der Waals surface area contributed by atoms with Gasteiger partial charge >= 0.3 is 6.01 Å². The molecule has 7 nitrogen and oxygen atoms in total. The summed E-state index contributed by atoms with van der Waals surface area (Å²) in [5, 5.41) is 0. The second kappa shape index (κ2) is 7.30. The molecule has 0 spiro atoms. The molecule has 0 amide bonds. The van der Waals surface area contributed by atoms with Gasteiger partial charge in [0.2, 0.25) is 10.0 Å². The predicted molar refractivity (Wildman–Crippen MR) is 109 cm³/mol. The summed E-state index contributed by atoms with van der Waals surface area (Å²) in [4.78, 5) is 21.2. The monoisotopic (exact) mass is 421 g/mol. The summed E-state index contributed by atoms with van der Waals surface area (Å²) in [7, 11) is -3.56. The van der Waals surface area contributed by atoms with Crippen molar-refractivity contribution in [3.63, 3.8) is 0 Å². The molecule has 3 fully saturated rings. The number of hydrogen-bond acceptors (Lipinski definition) is 6. The Morgan fingerprint density at radius 3 is 2.55 bits per heavy atom. The number of ether oxygens (including phenoxy) is 1. The van der Waals surface area contributed by atoms with Crippen LogP contribution >= 0.6 is 0 Å². The molecule has 1 aromatic heterocycles. The van der Waals surface area contributed by atoms with E-state index in [1.165, 1.54) is 4.31 Å². The Hall–Kier alpha value is -1.54. The van der Waals surface area contributed by atoms with Gasteiger partial charge in [-0.25, -0.2) is 18.4 Å². The van der Waals surface area contributed by atoms with Crippen molar-refractivity contribution in [3.8, 4) is 6.01 Å². The number of piperidine rings is 1. The summed E-state index contributed by atoms with van der Waals surface area (Å²) in [5.41, 5.74) is 0.0457. The highest BCUT2D eigenvalue weighted by atomic mass is 32.2. The Labute approximate surface area is 173 Å². The first-order valence-corrected chi connectivity index (χ1v) is 12.3. The van der Waals surface area contributed by atoms with Crippen LogP contribution in [0.2, 0.25) is 0 Å². The molecule has 3 aliphatic rings. The lowest BCUT2D eigenvalue weighted by Gasteiger charge is -2.39. The molecule has 1 saturated heterocycles. The highest BCUT2D eigenvalue weighted by molar-refractivity contribution is 7.89. The summed E-state index contributed by atoms with van der Waals surface area (Å²) < 4.78 is 34.0. The Kier molecular flexibility index (Phi) is 5.22. The van der Waals surface area contributed by atoms with Crippen LogP contribution in [0.25, 0.3) is 0 Å². The normalized spacial score (nSPS) is 31.9. The Bertz CT molecular complexity index is 884. The van der Waals surface area contributed by atoms with Crippen molar-refractivity contribution >= 4 is 15.8 Å².